The van der Waals surface area contributed by atoms with E-state index in [0.29, 0.717) is 45.6 Å². The third-order valence-corrected chi connectivity index (χ3v) is 12.1. The van der Waals surface area contributed by atoms with Crippen molar-refractivity contribution in [1.29, 1.82) is 0 Å². The lowest BCUT2D eigenvalue weighted by atomic mass is 9.94. The van der Waals surface area contributed by atoms with Crippen LogP contribution in [0.5, 0.6) is 11.5 Å². The molecule has 2 aromatic carbocycles. The van der Waals surface area contributed by atoms with Gasteiger partial charge in [0.15, 0.2) is 0 Å². The number of aryl methyl sites for hydroxylation is 2. The Labute approximate surface area is 318 Å². The molecule has 10 heteroatoms. The third kappa shape index (κ3) is 9.01. The molecule has 2 aromatic heterocycles. The molecule has 4 aromatic rings. The monoisotopic (exact) mass is 776 g/mol. The molecule has 2 heterocycles. The number of unbranched alkanes of at least 4 members (excludes halogenated alkanes) is 10. The van der Waals surface area contributed by atoms with Gasteiger partial charge in [-0.1, -0.05) is 78.1 Å². The summed E-state index contributed by atoms with van der Waals surface area (Å²) in [4.78, 5) is 1.49. The summed E-state index contributed by atoms with van der Waals surface area (Å²) in [5.41, 5.74) is -1.96. The zero-order valence-corrected chi connectivity index (χ0v) is 32.7. The van der Waals surface area contributed by atoms with E-state index in [1.54, 1.807) is 48.5 Å². The number of hydrogen-bond donors (Lipinski definition) is 0. The molecule has 0 saturated carbocycles. The van der Waals surface area contributed by atoms with Crippen LogP contribution in [0, 0.1) is 13.8 Å². The van der Waals surface area contributed by atoms with Crippen molar-refractivity contribution in [2.45, 2.75) is 123 Å². The third-order valence-electron chi connectivity index (χ3n) is 9.85. The first-order chi connectivity index (χ1) is 25.3. The second-order valence-corrected chi connectivity index (χ2v) is 16.4. The van der Waals surface area contributed by atoms with Gasteiger partial charge < -0.3 is 9.47 Å². The maximum absolute atomic E-state index is 15.8. The molecule has 0 fully saturated rings. The molecule has 0 spiro atoms. The van der Waals surface area contributed by atoms with Crippen LogP contribution in [-0.4, -0.2) is 31.0 Å². The molecule has 0 amide bonds. The molecular formula is C43H50F6O2S2. The molecule has 1 aliphatic carbocycles. The number of alkyl halides is 6. The van der Waals surface area contributed by atoms with Gasteiger partial charge in [0.2, 0.25) is 0 Å². The Bertz CT molecular complexity index is 1680. The Morgan fingerprint density at radius 3 is 1.19 bits per heavy atom. The molecule has 0 N–H and O–H groups in total. The van der Waals surface area contributed by atoms with E-state index in [1.165, 1.54) is 77.3 Å². The van der Waals surface area contributed by atoms with Crippen LogP contribution >= 0.6 is 22.7 Å². The van der Waals surface area contributed by atoms with Crippen molar-refractivity contribution in [3.8, 4) is 32.4 Å². The molecule has 5 rings (SSSR count). The zero-order chi connectivity index (χ0) is 38.2. The van der Waals surface area contributed by atoms with Crippen LogP contribution in [-0.2, 0) is 0 Å². The van der Waals surface area contributed by atoms with Crippen molar-refractivity contribution < 1.29 is 35.8 Å². The quantitative estimate of drug-likeness (QED) is 0.0657. The highest BCUT2D eigenvalue weighted by molar-refractivity contribution is 7.16. The smallest absolute Gasteiger partial charge is 0.380 e. The second kappa shape index (κ2) is 17.9. The fourth-order valence-electron chi connectivity index (χ4n) is 6.75. The van der Waals surface area contributed by atoms with Crippen LogP contribution in [0.25, 0.3) is 32.0 Å². The molecule has 0 bridgehead atoms. The summed E-state index contributed by atoms with van der Waals surface area (Å²) in [7, 11) is 0. The van der Waals surface area contributed by atoms with Crippen molar-refractivity contribution in [3.63, 3.8) is 0 Å². The first-order valence-corrected chi connectivity index (χ1v) is 20.5. The Kier molecular flexibility index (Phi) is 13.8. The number of hydrogen-bond acceptors (Lipinski definition) is 4. The van der Waals surface area contributed by atoms with E-state index in [9.17, 15) is 0 Å². The average Bonchev–Trinajstić information content (AvgIpc) is 3.73. The van der Waals surface area contributed by atoms with Crippen molar-refractivity contribution in [2.24, 2.45) is 0 Å². The Morgan fingerprint density at radius 1 is 0.491 bits per heavy atom. The molecular weight excluding hydrogens is 727 g/mol. The van der Waals surface area contributed by atoms with Crippen LogP contribution in [0.15, 0.2) is 60.7 Å². The lowest BCUT2D eigenvalue weighted by molar-refractivity contribution is -0.254. The summed E-state index contributed by atoms with van der Waals surface area (Å²) in [6, 6.07) is 16.8. The van der Waals surface area contributed by atoms with Crippen molar-refractivity contribution in [1.82, 2.24) is 0 Å². The molecule has 0 radical (unpaired) electrons. The van der Waals surface area contributed by atoms with Crippen LogP contribution in [0.2, 0.25) is 0 Å². The highest BCUT2D eigenvalue weighted by Gasteiger charge is 2.80. The van der Waals surface area contributed by atoms with Crippen molar-refractivity contribution in [2.75, 3.05) is 13.2 Å². The lowest BCUT2D eigenvalue weighted by Crippen LogP contribution is -2.48. The Balaban J connectivity index is 1.38. The summed E-state index contributed by atoms with van der Waals surface area (Å²) in [6.07, 6.45) is 13.6. The molecule has 2 nitrogen and oxygen atoms in total. The standard InChI is InChI=1S/C43H50F6O2S2/c1-5-7-9-11-13-15-25-50-33-21-17-31(18-22-33)37-27-35(29(3)52-37)39-40(42(46,47)43(48,49)41(39,44)45)36-28-38(53-30(36)4)32-19-23-34(24-20-32)51-26-16-14-12-10-8-6-2/h17-24,27-28H,5-16,25-26H2,1-4H3. The number of allylic oxidation sites excluding steroid dienone is 2. The molecule has 1 aliphatic rings. The van der Waals surface area contributed by atoms with Crippen LogP contribution < -0.4 is 9.47 Å². The van der Waals surface area contributed by atoms with E-state index in [1.807, 2.05) is 0 Å². The summed E-state index contributed by atoms with van der Waals surface area (Å²) in [6.45, 7) is 8.50. The topological polar surface area (TPSA) is 18.5 Å². The maximum atomic E-state index is 15.8. The molecule has 288 valence electrons. The first-order valence-electron chi connectivity index (χ1n) is 18.9. The largest absolute Gasteiger partial charge is 0.494 e. The van der Waals surface area contributed by atoms with Crippen LogP contribution in [0.1, 0.15) is 112 Å². The van der Waals surface area contributed by atoms with Gasteiger partial charge in [0, 0.05) is 30.7 Å². The lowest BCUT2D eigenvalue weighted by Gasteiger charge is -2.25. The fourth-order valence-corrected chi connectivity index (χ4v) is 8.82. The van der Waals surface area contributed by atoms with Gasteiger partial charge >= 0.3 is 17.8 Å². The molecule has 0 saturated heterocycles. The minimum absolute atomic E-state index is 0.244. The zero-order valence-electron chi connectivity index (χ0n) is 31.1. The predicted molar refractivity (Wildman–Crippen MR) is 208 cm³/mol. The number of halogens is 6. The fraction of sp³-hybridized carbons (Fsp3) is 0.488. The summed E-state index contributed by atoms with van der Waals surface area (Å²) in [5.74, 6) is -14.6. The van der Waals surface area contributed by atoms with Crippen LogP contribution in [0.3, 0.4) is 0 Å². The van der Waals surface area contributed by atoms with Gasteiger partial charge in [0.25, 0.3) is 0 Å². The molecule has 0 unspecified atom stereocenters. The SMILES string of the molecule is CCCCCCCCOc1ccc(-c2cc(C3=C(c4cc(-c5ccc(OCCCCCCCC)cc5)sc4C)C(F)(F)C(F)(F)C3(F)F)c(C)s2)cc1. The average molecular weight is 777 g/mol. The Hall–Kier alpha value is -3.24. The molecule has 0 aliphatic heterocycles. The van der Waals surface area contributed by atoms with E-state index in [2.05, 4.69) is 13.8 Å². The maximum Gasteiger partial charge on any atom is 0.380 e. The van der Waals surface area contributed by atoms with E-state index in [0.717, 1.165) is 48.4 Å². The second-order valence-electron chi connectivity index (χ2n) is 13.9. The number of ether oxygens (including phenoxy) is 2. The summed E-state index contributed by atoms with van der Waals surface area (Å²) < 4.78 is 105. The first kappa shape index (κ1) is 40.9. The summed E-state index contributed by atoms with van der Waals surface area (Å²) >= 11 is 2.20. The minimum Gasteiger partial charge on any atom is -0.494 e. The number of thiophene rings is 2. The predicted octanol–water partition coefficient (Wildman–Crippen LogP) is 15.1. The van der Waals surface area contributed by atoms with Gasteiger partial charge in [-0.25, -0.2) is 0 Å². The highest BCUT2D eigenvalue weighted by Crippen LogP contribution is 2.66. The minimum atomic E-state index is -5.63. The van der Waals surface area contributed by atoms with Gasteiger partial charge in [0.1, 0.15) is 11.5 Å². The van der Waals surface area contributed by atoms with Crippen LogP contribution in [0.4, 0.5) is 26.3 Å². The van der Waals surface area contributed by atoms with E-state index in [4.69, 9.17) is 9.47 Å². The van der Waals surface area contributed by atoms with E-state index < -0.39 is 28.9 Å². The highest BCUT2D eigenvalue weighted by atomic mass is 32.1. The van der Waals surface area contributed by atoms with Gasteiger partial charge in [-0.3, -0.25) is 0 Å². The number of benzene rings is 2. The van der Waals surface area contributed by atoms with Gasteiger partial charge in [-0.2, -0.15) is 26.3 Å². The Morgan fingerprint density at radius 2 is 0.830 bits per heavy atom. The van der Waals surface area contributed by atoms with E-state index >= 15 is 26.3 Å². The van der Waals surface area contributed by atoms with E-state index in [-0.39, 0.29) is 20.9 Å². The molecule has 0 atom stereocenters. The van der Waals surface area contributed by atoms with Gasteiger partial charge in [0.05, 0.1) is 13.2 Å². The normalized spacial score (nSPS) is 16.0. The summed E-state index contributed by atoms with van der Waals surface area (Å²) in [5, 5.41) is 0. The van der Waals surface area contributed by atoms with Crippen molar-refractivity contribution in [3.05, 3.63) is 81.5 Å². The van der Waals surface area contributed by atoms with Gasteiger partial charge in [-0.05, 0) is 110 Å². The van der Waals surface area contributed by atoms with Gasteiger partial charge in [-0.15, -0.1) is 22.7 Å². The van der Waals surface area contributed by atoms with Crippen molar-refractivity contribution >= 4 is 33.8 Å². The molecule has 53 heavy (non-hydrogen) atoms. The number of rotatable bonds is 20.